The average molecular weight is 425 g/mol. The summed E-state index contributed by atoms with van der Waals surface area (Å²) in [7, 11) is -3.64. The van der Waals surface area contributed by atoms with Gasteiger partial charge in [-0.05, 0) is 48.7 Å². The number of benzene rings is 2. The summed E-state index contributed by atoms with van der Waals surface area (Å²) in [4.78, 5) is 12.2. The number of ether oxygens (including phenoxy) is 1. The van der Waals surface area contributed by atoms with Crippen molar-refractivity contribution in [2.45, 2.75) is 20.3 Å². The van der Waals surface area contributed by atoms with Crippen LogP contribution >= 0.6 is 11.6 Å². The van der Waals surface area contributed by atoms with E-state index in [0.717, 1.165) is 28.3 Å². The van der Waals surface area contributed by atoms with Gasteiger partial charge in [0.2, 0.25) is 15.9 Å². The molecule has 0 saturated carbocycles. The summed E-state index contributed by atoms with van der Waals surface area (Å²) in [5.74, 6) is 0.297. The fourth-order valence-corrected chi connectivity index (χ4v) is 3.53. The molecule has 2 aromatic rings. The second kappa shape index (κ2) is 9.80. The zero-order valence-corrected chi connectivity index (χ0v) is 17.8. The van der Waals surface area contributed by atoms with E-state index < -0.39 is 15.9 Å². The van der Waals surface area contributed by atoms with E-state index in [1.54, 1.807) is 12.1 Å². The minimum atomic E-state index is -3.64. The summed E-state index contributed by atoms with van der Waals surface area (Å²) >= 11 is 6.09. The van der Waals surface area contributed by atoms with E-state index >= 15 is 0 Å². The van der Waals surface area contributed by atoms with Gasteiger partial charge < -0.3 is 10.1 Å². The van der Waals surface area contributed by atoms with Crippen molar-refractivity contribution in [2.24, 2.45) is 0 Å². The summed E-state index contributed by atoms with van der Waals surface area (Å²) in [5, 5.41) is 3.11. The zero-order chi connectivity index (χ0) is 20.7. The number of nitrogens with zero attached hydrogens (tertiary/aromatic N) is 1. The molecule has 0 radical (unpaired) electrons. The van der Waals surface area contributed by atoms with Gasteiger partial charge in [0, 0.05) is 5.02 Å². The number of aryl methyl sites for hydroxylation is 2. The highest BCUT2D eigenvalue weighted by Gasteiger charge is 2.21. The van der Waals surface area contributed by atoms with Crippen LogP contribution in [0.15, 0.2) is 42.5 Å². The molecule has 0 fully saturated rings. The standard InChI is InChI=1S/C20H25ClN2O4S/c1-4-16-6-9-18(10-7-16)27-12-11-22-20(24)14-23(28(3,25)26)17-8-5-15(2)19(21)13-17/h5-10,13H,4,11-12,14H2,1-3H3,(H,22,24). The van der Waals surface area contributed by atoms with Crippen LogP contribution in [0.5, 0.6) is 5.75 Å². The van der Waals surface area contributed by atoms with Gasteiger partial charge in [0.15, 0.2) is 0 Å². The van der Waals surface area contributed by atoms with E-state index in [2.05, 4.69) is 12.2 Å². The minimum absolute atomic E-state index is 0.265. The molecule has 0 aromatic heterocycles. The first-order valence-corrected chi connectivity index (χ1v) is 11.2. The lowest BCUT2D eigenvalue weighted by atomic mass is 10.2. The molecule has 8 heteroatoms. The third kappa shape index (κ3) is 6.42. The molecule has 1 amide bonds. The Bertz CT molecular complexity index is 914. The highest BCUT2D eigenvalue weighted by atomic mass is 35.5. The molecule has 6 nitrogen and oxygen atoms in total. The number of halogens is 1. The fraction of sp³-hybridized carbons (Fsp3) is 0.350. The monoisotopic (exact) mass is 424 g/mol. The first kappa shape index (κ1) is 22.0. The van der Waals surface area contributed by atoms with Crippen molar-refractivity contribution in [2.75, 3.05) is 30.3 Å². The van der Waals surface area contributed by atoms with E-state index in [9.17, 15) is 13.2 Å². The van der Waals surface area contributed by atoms with Gasteiger partial charge in [0.25, 0.3) is 0 Å². The van der Waals surface area contributed by atoms with Gasteiger partial charge in [-0.1, -0.05) is 36.7 Å². The average Bonchev–Trinajstić information content (AvgIpc) is 2.65. The van der Waals surface area contributed by atoms with Crippen LogP contribution in [0.1, 0.15) is 18.1 Å². The Morgan fingerprint density at radius 1 is 1.18 bits per heavy atom. The maximum Gasteiger partial charge on any atom is 0.240 e. The molecule has 0 atom stereocenters. The van der Waals surface area contributed by atoms with Gasteiger partial charge in [0.05, 0.1) is 18.5 Å². The molecular formula is C20H25ClN2O4S. The van der Waals surface area contributed by atoms with Crippen LogP contribution in [0.3, 0.4) is 0 Å². The topological polar surface area (TPSA) is 75.7 Å². The molecule has 2 rings (SSSR count). The van der Waals surface area contributed by atoms with Gasteiger partial charge in [-0.25, -0.2) is 8.42 Å². The predicted molar refractivity (Wildman–Crippen MR) is 113 cm³/mol. The number of hydrogen-bond acceptors (Lipinski definition) is 4. The van der Waals surface area contributed by atoms with Crippen molar-refractivity contribution < 1.29 is 17.9 Å². The first-order chi connectivity index (χ1) is 13.2. The molecule has 1 N–H and O–H groups in total. The summed E-state index contributed by atoms with van der Waals surface area (Å²) in [6.07, 6.45) is 2.01. The van der Waals surface area contributed by atoms with E-state index in [1.165, 1.54) is 11.6 Å². The number of carbonyl (C=O) groups is 1. The largest absolute Gasteiger partial charge is 0.492 e. The van der Waals surface area contributed by atoms with Crippen molar-refractivity contribution in [1.82, 2.24) is 5.32 Å². The molecule has 0 bridgehead atoms. The van der Waals surface area contributed by atoms with E-state index in [0.29, 0.717) is 10.7 Å². The smallest absolute Gasteiger partial charge is 0.240 e. The van der Waals surface area contributed by atoms with Crippen molar-refractivity contribution in [3.05, 3.63) is 58.6 Å². The van der Waals surface area contributed by atoms with E-state index in [1.807, 2.05) is 31.2 Å². The predicted octanol–water partition coefficient (Wildman–Crippen LogP) is 3.17. The zero-order valence-electron chi connectivity index (χ0n) is 16.2. The van der Waals surface area contributed by atoms with Gasteiger partial charge in [-0.15, -0.1) is 0 Å². The third-order valence-electron chi connectivity index (χ3n) is 4.16. The van der Waals surface area contributed by atoms with Crippen molar-refractivity contribution >= 4 is 33.2 Å². The third-order valence-corrected chi connectivity index (χ3v) is 5.70. The van der Waals surface area contributed by atoms with Crippen LogP contribution in [-0.2, 0) is 21.2 Å². The van der Waals surface area contributed by atoms with Crippen LogP contribution in [-0.4, -0.2) is 40.3 Å². The highest BCUT2D eigenvalue weighted by Crippen LogP contribution is 2.24. The SMILES string of the molecule is CCc1ccc(OCCNC(=O)CN(c2ccc(C)c(Cl)c2)S(C)(=O)=O)cc1. The molecule has 152 valence electrons. The number of anilines is 1. The van der Waals surface area contributed by atoms with Crippen molar-refractivity contribution in [1.29, 1.82) is 0 Å². The van der Waals surface area contributed by atoms with Crippen LogP contribution in [0, 0.1) is 6.92 Å². The Labute approximate surface area is 171 Å². The van der Waals surface area contributed by atoms with Gasteiger partial charge in [-0.3, -0.25) is 9.10 Å². The number of sulfonamides is 1. The lowest BCUT2D eigenvalue weighted by Crippen LogP contribution is -2.41. The number of hydrogen-bond donors (Lipinski definition) is 1. The van der Waals surface area contributed by atoms with E-state index in [-0.39, 0.29) is 19.7 Å². The molecule has 0 spiro atoms. The van der Waals surface area contributed by atoms with Crippen LogP contribution in [0.4, 0.5) is 5.69 Å². The lowest BCUT2D eigenvalue weighted by Gasteiger charge is -2.22. The van der Waals surface area contributed by atoms with Crippen LogP contribution in [0.2, 0.25) is 5.02 Å². The van der Waals surface area contributed by atoms with Gasteiger partial charge in [-0.2, -0.15) is 0 Å². The summed E-state index contributed by atoms with van der Waals surface area (Å²) in [6, 6.07) is 12.6. The van der Waals surface area contributed by atoms with Crippen LogP contribution in [0.25, 0.3) is 0 Å². The molecule has 2 aromatic carbocycles. The van der Waals surface area contributed by atoms with Crippen molar-refractivity contribution in [3.63, 3.8) is 0 Å². The first-order valence-electron chi connectivity index (χ1n) is 8.93. The Balaban J connectivity index is 1.90. The summed E-state index contributed by atoms with van der Waals surface area (Å²) in [6.45, 7) is 4.12. The lowest BCUT2D eigenvalue weighted by molar-refractivity contribution is -0.119. The highest BCUT2D eigenvalue weighted by molar-refractivity contribution is 7.92. The fourth-order valence-electron chi connectivity index (χ4n) is 2.50. The molecule has 0 aliphatic carbocycles. The van der Waals surface area contributed by atoms with Gasteiger partial charge >= 0.3 is 0 Å². The molecule has 0 aliphatic rings. The quantitative estimate of drug-likeness (QED) is 0.627. The normalized spacial score (nSPS) is 11.1. The molecule has 0 aliphatic heterocycles. The molecule has 0 heterocycles. The van der Waals surface area contributed by atoms with E-state index in [4.69, 9.17) is 16.3 Å². The molecular weight excluding hydrogens is 400 g/mol. The molecule has 28 heavy (non-hydrogen) atoms. The Morgan fingerprint density at radius 2 is 1.86 bits per heavy atom. The maximum atomic E-state index is 12.2. The molecule has 0 unspecified atom stereocenters. The van der Waals surface area contributed by atoms with Crippen LogP contribution < -0.4 is 14.4 Å². The second-order valence-corrected chi connectivity index (χ2v) is 8.71. The Kier molecular flexibility index (Phi) is 7.71. The summed E-state index contributed by atoms with van der Waals surface area (Å²) < 4.78 is 30.8. The van der Waals surface area contributed by atoms with Crippen molar-refractivity contribution in [3.8, 4) is 5.75 Å². The number of rotatable bonds is 9. The number of carbonyl (C=O) groups excluding carboxylic acids is 1. The molecule has 0 saturated heterocycles. The Hall–Kier alpha value is -2.25. The Morgan fingerprint density at radius 3 is 2.43 bits per heavy atom. The summed E-state index contributed by atoms with van der Waals surface area (Å²) in [5.41, 5.74) is 2.39. The number of nitrogens with one attached hydrogen (secondary N) is 1. The maximum absolute atomic E-state index is 12.2. The van der Waals surface area contributed by atoms with Gasteiger partial charge in [0.1, 0.15) is 18.9 Å². The second-order valence-electron chi connectivity index (χ2n) is 6.40. The minimum Gasteiger partial charge on any atom is -0.492 e. The number of amides is 1.